The van der Waals surface area contributed by atoms with Crippen LogP contribution in [0.5, 0.6) is 0 Å². The molecule has 5 heteroatoms. The molecule has 0 saturated heterocycles. The molecule has 0 aromatic carbocycles. The van der Waals surface area contributed by atoms with E-state index in [2.05, 4.69) is 24.1 Å². The summed E-state index contributed by atoms with van der Waals surface area (Å²) in [5.41, 5.74) is 0. The van der Waals surface area contributed by atoms with Gasteiger partial charge in [-0.2, -0.15) is 13.2 Å². The van der Waals surface area contributed by atoms with Crippen molar-refractivity contribution in [3.63, 3.8) is 0 Å². The molecule has 0 amide bonds. The maximum Gasteiger partial charge on any atom is 0.389 e. The van der Waals surface area contributed by atoms with E-state index in [1.165, 1.54) is 0 Å². The molecule has 0 heterocycles. The SMILES string of the molecule is CC(CCCC(F)(F)F)NCCN(C)C(C)C. The fourth-order valence-electron chi connectivity index (χ4n) is 1.46. The molecule has 0 aliphatic rings. The summed E-state index contributed by atoms with van der Waals surface area (Å²) in [4.78, 5) is 2.20. The molecule has 0 aliphatic heterocycles. The Hall–Kier alpha value is -0.290. The van der Waals surface area contributed by atoms with E-state index in [0.29, 0.717) is 12.5 Å². The van der Waals surface area contributed by atoms with Gasteiger partial charge in [0.2, 0.25) is 0 Å². The van der Waals surface area contributed by atoms with Crippen molar-refractivity contribution >= 4 is 0 Å². The molecule has 2 nitrogen and oxygen atoms in total. The van der Waals surface area contributed by atoms with Crippen LogP contribution in [0.2, 0.25) is 0 Å². The molecule has 1 N–H and O–H groups in total. The predicted molar refractivity (Wildman–Crippen MR) is 65.1 cm³/mol. The third-order valence-corrected chi connectivity index (χ3v) is 2.94. The van der Waals surface area contributed by atoms with E-state index < -0.39 is 12.6 Å². The zero-order valence-corrected chi connectivity index (χ0v) is 11.3. The Morgan fingerprint density at radius 3 is 2.24 bits per heavy atom. The van der Waals surface area contributed by atoms with Crippen LogP contribution >= 0.6 is 0 Å². The van der Waals surface area contributed by atoms with Crippen molar-refractivity contribution in [3.8, 4) is 0 Å². The lowest BCUT2D eigenvalue weighted by Crippen LogP contribution is -2.37. The quantitative estimate of drug-likeness (QED) is 0.716. The van der Waals surface area contributed by atoms with Gasteiger partial charge in [0.15, 0.2) is 0 Å². The third-order valence-electron chi connectivity index (χ3n) is 2.94. The smallest absolute Gasteiger partial charge is 0.313 e. The highest BCUT2D eigenvalue weighted by Gasteiger charge is 2.26. The summed E-state index contributed by atoms with van der Waals surface area (Å²) in [6.07, 6.45) is -3.91. The second-order valence-electron chi connectivity index (χ2n) is 4.94. The maximum absolute atomic E-state index is 11.9. The molecule has 0 spiro atoms. The van der Waals surface area contributed by atoms with Gasteiger partial charge in [-0.05, 0) is 40.7 Å². The molecule has 0 aromatic heterocycles. The van der Waals surface area contributed by atoms with Gasteiger partial charge in [-0.1, -0.05) is 0 Å². The summed E-state index contributed by atoms with van der Waals surface area (Å²) in [5, 5.41) is 3.25. The lowest BCUT2D eigenvalue weighted by atomic mass is 10.1. The molecule has 0 radical (unpaired) electrons. The second-order valence-corrected chi connectivity index (χ2v) is 4.94. The standard InChI is InChI=1S/C12H25F3N2/c1-10(2)17(4)9-8-16-11(3)6-5-7-12(13,14)15/h10-11,16H,5-9H2,1-4H3. The molecule has 1 unspecified atom stereocenters. The molecule has 0 saturated carbocycles. The van der Waals surface area contributed by atoms with Gasteiger partial charge >= 0.3 is 6.18 Å². The number of halogens is 3. The van der Waals surface area contributed by atoms with Crippen molar-refractivity contribution in [2.45, 2.75) is 58.3 Å². The molecule has 0 aliphatic carbocycles. The van der Waals surface area contributed by atoms with Crippen molar-refractivity contribution in [2.75, 3.05) is 20.1 Å². The zero-order chi connectivity index (χ0) is 13.5. The number of hydrogen-bond donors (Lipinski definition) is 1. The van der Waals surface area contributed by atoms with Crippen LogP contribution in [0.25, 0.3) is 0 Å². The number of hydrogen-bond acceptors (Lipinski definition) is 2. The van der Waals surface area contributed by atoms with E-state index in [9.17, 15) is 13.2 Å². The molecule has 17 heavy (non-hydrogen) atoms. The van der Waals surface area contributed by atoms with Gasteiger partial charge in [-0.15, -0.1) is 0 Å². The molecular formula is C12H25F3N2. The summed E-state index contributed by atoms with van der Waals surface area (Å²) in [6, 6.07) is 0.648. The van der Waals surface area contributed by atoms with E-state index >= 15 is 0 Å². The van der Waals surface area contributed by atoms with Gasteiger partial charge in [-0.25, -0.2) is 0 Å². The summed E-state index contributed by atoms with van der Waals surface area (Å²) < 4.78 is 35.8. The fourth-order valence-corrected chi connectivity index (χ4v) is 1.46. The minimum absolute atomic E-state index is 0.151. The normalized spacial score (nSPS) is 14.6. The summed E-state index contributed by atoms with van der Waals surface area (Å²) in [7, 11) is 2.04. The first kappa shape index (κ1) is 16.7. The minimum Gasteiger partial charge on any atom is -0.313 e. The van der Waals surface area contributed by atoms with Crippen LogP contribution in [-0.4, -0.2) is 43.3 Å². The van der Waals surface area contributed by atoms with Crippen LogP contribution in [0.15, 0.2) is 0 Å². The first-order chi connectivity index (χ1) is 7.72. The van der Waals surface area contributed by atoms with Crippen LogP contribution in [-0.2, 0) is 0 Å². The van der Waals surface area contributed by atoms with Gasteiger partial charge in [0, 0.05) is 31.6 Å². The average Bonchev–Trinajstić information content (AvgIpc) is 2.15. The Morgan fingerprint density at radius 1 is 1.18 bits per heavy atom. The highest BCUT2D eigenvalue weighted by atomic mass is 19.4. The van der Waals surface area contributed by atoms with Crippen LogP contribution in [0, 0.1) is 0 Å². The average molecular weight is 254 g/mol. The molecule has 0 fully saturated rings. The van der Waals surface area contributed by atoms with E-state index in [1.807, 2.05) is 14.0 Å². The highest BCUT2D eigenvalue weighted by Crippen LogP contribution is 2.22. The van der Waals surface area contributed by atoms with Gasteiger partial charge in [0.25, 0.3) is 0 Å². The maximum atomic E-state index is 11.9. The van der Waals surface area contributed by atoms with Crippen molar-refractivity contribution in [1.82, 2.24) is 10.2 Å². The Balaban J connectivity index is 3.50. The lowest BCUT2D eigenvalue weighted by Gasteiger charge is -2.22. The lowest BCUT2D eigenvalue weighted by molar-refractivity contribution is -0.135. The highest BCUT2D eigenvalue weighted by molar-refractivity contribution is 4.65. The van der Waals surface area contributed by atoms with Gasteiger partial charge in [-0.3, -0.25) is 0 Å². The zero-order valence-electron chi connectivity index (χ0n) is 11.3. The summed E-state index contributed by atoms with van der Waals surface area (Å²) in [5.74, 6) is 0. The Bertz CT molecular complexity index is 193. The second kappa shape index (κ2) is 7.93. The van der Waals surface area contributed by atoms with Crippen LogP contribution in [0.4, 0.5) is 13.2 Å². The topological polar surface area (TPSA) is 15.3 Å². The number of nitrogens with one attached hydrogen (secondary N) is 1. The first-order valence-electron chi connectivity index (χ1n) is 6.22. The van der Waals surface area contributed by atoms with Gasteiger partial charge < -0.3 is 10.2 Å². The monoisotopic (exact) mass is 254 g/mol. The molecule has 104 valence electrons. The Kier molecular flexibility index (Phi) is 7.79. The molecule has 0 bridgehead atoms. The van der Waals surface area contributed by atoms with Crippen molar-refractivity contribution in [2.24, 2.45) is 0 Å². The van der Waals surface area contributed by atoms with E-state index in [1.54, 1.807) is 0 Å². The number of rotatable bonds is 8. The van der Waals surface area contributed by atoms with E-state index in [4.69, 9.17) is 0 Å². The largest absolute Gasteiger partial charge is 0.389 e. The minimum atomic E-state index is -4.02. The molecule has 0 aromatic rings. The Morgan fingerprint density at radius 2 is 1.76 bits per heavy atom. The predicted octanol–water partition coefficient (Wildman–Crippen LogP) is 3.04. The van der Waals surface area contributed by atoms with Crippen molar-refractivity contribution in [1.29, 1.82) is 0 Å². The molecule has 0 rings (SSSR count). The summed E-state index contributed by atoms with van der Waals surface area (Å²) >= 11 is 0. The molecular weight excluding hydrogens is 229 g/mol. The van der Waals surface area contributed by atoms with Crippen molar-refractivity contribution in [3.05, 3.63) is 0 Å². The number of alkyl halides is 3. The first-order valence-corrected chi connectivity index (χ1v) is 6.22. The van der Waals surface area contributed by atoms with Crippen LogP contribution in [0.1, 0.15) is 40.0 Å². The van der Waals surface area contributed by atoms with E-state index in [0.717, 1.165) is 13.1 Å². The van der Waals surface area contributed by atoms with E-state index in [-0.39, 0.29) is 12.5 Å². The Labute approximate surface area is 103 Å². The third kappa shape index (κ3) is 10.6. The number of likely N-dealkylation sites (N-methyl/N-ethyl adjacent to an activating group) is 1. The van der Waals surface area contributed by atoms with Crippen molar-refractivity contribution < 1.29 is 13.2 Å². The molecule has 1 atom stereocenters. The van der Waals surface area contributed by atoms with Gasteiger partial charge in [0.05, 0.1) is 0 Å². The fraction of sp³-hybridized carbons (Fsp3) is 1.00. The van der Waals surface area contributed by atoms with Crippen LogP contribution in [0.3, 0.4) is 0 Å². The van der Waals surface area contributed by atoms with Gasteiger partial charge in [0.1, 0.15) is 0 Å². The summed E-state index contributed by atoms with van der Waals surface area (Å²) in [6.45, 7) is 7.91. The van der Waals surface area contributed by atoms with Crippen LogP contribution < -0.4 is 5.32 Å². The number of nitrogens with zero attached hydrogens (tertiary/aromatic N) is 1.